The molecule has 1 unspecified atom stereocenters. The predicted molar refractivity (Wildman–Crippen MR) is 174 cm³/mol. The van der Waals surface area contributed by atoms with E-state index in [1.807, 2.05) is 32.2 Å². The van der Waals surface area contributed by atoms with Gasteiger partial charge in [-0.05, 0) is 69.2 Å². The summed E-state index contributed by atoms with van der Waals surface area (Å²) >= 11 is 0. The zero-order chi connectivity index (χ0) is 31.1. The van der Waals surface area contributed by atoms with Gasteiger partial charge in [0.25, 0.3) is 0 Å². The van der Waals surface area contributed by atoms with E-state index in [0.717, 1.165) is 74.3 Å². The summed E-state index contributed by atoms with van der Waals surface area (Å²) in [4.78, 5) is 5.14. The van der Waals surface area contributed by atoms with Gasteiger partial charge in [-0.3, -0.25) is 5.32 Å². The molecule has 2 aliphatic heterocycles. The SMILES string of the molecule is CCCCC1O[C-](CCc2ccc(O)c(OC[C@H](NC)[C+]3C=C4C(=N3)CC[C@H]3CCC[C@@H]3[C@@H]4CNC[C@H](C)O)c2)C=C1CO. The fourth-order valence-corrected chi connectivity index (χ4v) is 7.50. The molecule has 2 fully saturated rings. The van der Waals surface area contributed by atoms with Crippen molar-refractivity contribution in [3.05, 3.63) is 59.2 Å². The minimum absolute atomic E-state index is 0.0117. The number of aryl methyl sites for hydroxylation is 1. The lowest BCUT2D eigenvalue weighted by atomic mass is 9.80. The number of nitrogens with zero attached hydrogens (tertiary/aromatic N) is 1. The number of hydrogen-bond donors (Lipinski definition) is 5. The number of rotatable bonds is 16. The third-order valence-electron chi connectivity index (χ3n) is 9.94. The Morgan fingerprint density at radius 3 is 2.89 bits per heavy atom. The molecule has 242 valence electrons. The van der Waals surface area contributed by atoms with E-state index < -0.39 is 0 Å². The monoisotopic (exact) mass is 607 g/mol. The molecule has 0 amide bonds. The van der Waals surface area contributed by atoms with Gasteiger partial charge in [-0.25, -0.2) is 0 Å². The van der Waals surface area contributed by atoms with Gasteiger partial charge in [-0.15, -0.1) is 4.99 Å². The van der Waals surface area contributed by atoms with Gasteiger partial charge >= 0.3 is 0 Å². The van der Waals surface area contributed by atoms with Crippen molar-refractivity contribution in [3.63, 3.8) is 0 Å². The Labute approximate surface area is 264 Å². The van der Waals surface area contributed by atoms with Gasteiger partial charge in [0.2, 0.25) is 0 Å². The number of aliphatic hydroxyl groups is 2. The molecule has 8 heteroatoms. The lowest BCUT2D eigenvalue weighted by molar-refractivity contribution is 0.103. The molecule has 44 heavy (non-hydrogen) atoms. The molecule has 4 aliphatic rings. The number of aliphatic imine (C=N–C) groups is 1. The molecule has 0 radical (unpaired) electrons. The molecule has 5 rings (SSSR count). The van der Waals surface area contributed by atoms with Crippen molar-refractivity contribution in [3.8, 4) is 11.5 Å². The molecule has 0 aromatic heterocycles. The van der Waals surface area contributed by atoms with Gasteiger partial charge in [0.15, 0.2) is 23.3 Å². The number of fused-ring (bicyclic) bond motifs is 2. The molecule has 6 atom stereocenters. The predicted octanol–water partition coefficient (Wildman–Crippen LogP) is 5.04. The van der Waals surface area contributed by atoms with Crippen LogP contribution in [0.4, 0.5) is 0 Å². The molecular weight excluding hydrogens is 554 g/mol. The summed E-state index contributed by atoms with van der Waals surface area (Å²) in [6.45, 7) is 5.84. The summed E-state index contributed by atoms with van der Waals surface area (Å²) in [6.07, 6.45) is 15.5. The average Bonchev–Trinajstić information content (AvgIpc) is 3.74. The van der Waals surface area contributed by atoms with E-state index in [1.165, 1.54) is 37.0 Å². The zero-order valence-corrected chi connectivity index (χ0v) is 26.9. The Kier molecular flexibility index (Phi) is 11.7. The first-order chi connectivity index (χ1) is 21.4. The minimum atomic E-state index is -0.359. The molecule has 2 aliphatic carbocycles. The van der Waals surface area contributed by atoms with Crippen LogP contribution in [-0.2, 0) is 11.2 Å². The van der Waals surface area contributed by atoms with Crippen LogP contribution in [0.2, 0.25) is 0 Å². The van der Waals surface area contributed by atoms with E-state index in [0.29, 0.717) is 30.7 Å². The number of likely N-dealkylation sites (N-methyl/N-ethyl adjacent to an activating group) is 1. The first-order valence-corrected chi connectivity index (χ1v) is 16.9. The highest BCUT2D eigenvalue weighted by molar-refractivity contribution is 6.04. The standard InChI is InChI=1S/C36H53N3O5/c1-4-5-9-35-26(21-40)17-27(44-35)13-10-24-11-15-34(42)36(16-24)43-22-33(37-3)32-18-29-30(20-38-19-23(2)41)28-8-6-7-25(28)12-14-31(29)39-32/h11,15-18,23,25,28,30,33,35,37-38,40-42H,4-10,12-14,19-22H2,1-3H3/t23-,25+,28-,30-,33-,35?/m0/s1. The third-order valence-corrected chi connectivity index (χ3v) is 9.94. The lowest BCUT2D eigenvalue weighted by Gasteiger charge is -2.24. The quantitative estimate of drug-likeness (QED) is 0.167. The van der Waals surface area contributed by atoms with E-state index in [9.17, 15) is 15.3 Å². The van der Waals surface area contributed by atoms with Gasteiger partial charge in [-0.1, -0.05) is 51.2 Å². The summed E-state index contributed by atoms with van der Waals surface area (Å²) in [6, 6.07) is 6.42. The normalized spacial score (nSPS) is 26.1. The number of phenolic OH excluding ortho intramolecular Hbond substituents is 1. The number of phenols is 1. The van der Waals surface area contributed by atoms with E-state index >= 15 is 0 Å². The number of aromatic hydroxyl groups is 1. The summed E-state index contributed by atoms with van der Waals surface area (Å²) in [5.41, 5.74) is 4.60. The molecule has 1 aromatic rings. The molecule has 0 spiro atoms. The topological polar surface area (TPSA) is 116 Å². The Morgan fingerprint density at radius 1 is 1.25 bits per heavy atom. The van der Waals surface area contributed by atoms with Crippen LogP contribution in [0, 0.1) is 29.9 Å². The number of unbranched alkanes of at least 4 members (excludes halogenated alkanes) is 1. The lowest BCUT2D eigenvalue weighted by Crippen LogP contribution is -2.36. The Balaban J connectivity index is 1.20. The molecule has 5 N–H and O–H groups in total. The largest absolute Gasteiger partial charge is 0.504 e. The fourth-order valence-electron chi connectivity index (χ4n) is 7.50. The second kappa shape index (κ2) is 15.7. The van der Waals surface area contributed by atoms with E-state index in [2.05, 4.69) is 23.6 Å². The second-order valence-corrected chi connectivity index (χ2v) is 13.1. The molecule has 8 nitrogen and oxygen atoms in total. The summed E-state index contributed by atoms with van der Waals surface area (Å²) < 4.78 is 12.4. The molecule has 2 heterocycles. The third kappa shape index (κ3) is 8.01. The maximum absolute atomic E-state index is 10.6. The van der Waals surface area contributed by atoms with E-state index in [1.54, 1.807) is 6.07 Å². The summed E-state index contributed by atoms with van der Waals surface area (Å²) in [5, 5.41) is 37.1. The van der Waals surface area contributed by atoms with Crippen molar-refractivity contribution in [2.45, 2.75) is 96.3 Å². The van der Waals surface area contributed by atoms with Crippen LogP contribution in [0.15, 0.2) is 46.5 Å². The van der Waals surface area contributed by atoms with Crippen molar-refractivity contribution in [2.24, 2.45) is 22.7 Å². The first-order valence-electron chi connectivity index (χ1n) is 16.9. The Morgan fingerprint density at radius 2 is 2.11 bits per heavy atom. The van der Waals surface area contributed by atoms with Crippen LogP contribution in [0.3, 0.4) is 0 Å². The smallest absolute Gasteiger partial charge is 0.189 e. The number of nitrogens with one attached hydrogen (secondary N) is 2. The highest BCUT2D eigenvalue weighted by Crippen LogP contribution is 2.47. The van der Waals surface area contributed by atoms with E-state index in [-0.39, 0.29) is 30.6 Å². The van der Waals surface area contributed by atoms with Crippen LogP contribution in [0.1, 0.15) is 77.2 Å². The van der Waals surface area contributed by atoms with Gasteiger partial charge < -0.3 is 30.1 Å². The number of ether oxygens (including phenoxy) is 2. The highest BCUT2D eigenvalue weighted by Gasteiger charge is 2.47. The minimum Gasteiger partial charge on any atom is -0.504 e. The van der Waals surface area contributed by atoms with Crippen molar-refractivity contribution < 1.29 is 24.8 Å². The zero-order valence-electron chi connectivity index (χ0n) is 26.9. The molecular formula is C36H53N3O5. The second-order valence-electron chi connectivity index (χ2n) is 13.1. The number of hydrogen-bond acceptors (Lipinski definition) is 8. The van der Waals surface area contributed by atoms with Crippen molar-refractivity contribution >= 4 is 5.71 Å². The first kappa shape index (κ1) is 32.9. The van der Waals surface area contributed by atoms with E-state index in [4.69, 9.17) is 14.5 Å². The van der Waals surface area contributed by atoms with Crippen LogP contribution < -0.4 is 15.4 Å². The Hall–Kier alpha value is -2.49. The number of benzene rings is 1. The average molecular weight is 608 g/mol. The molecule has 2 saturated carbocycles. The van der Waals surface area contributed by atoms with Gasteiger partial charge in [0.1, 0.15) is 18.2 Å². The summed E-state index contributed by atoms with van der Waals surface area (Å²) in [7, 11) is 1.93. The molecule has 1 aromatic carbocycles. The van der Waals surface area contributed by atoms with Crippen molar-refractivity contribution in [1.29, 1.82) is 0 Å². The van der Waals surface area contributed by atoms with Crippen LogP contribution in [-0.4, -0.2) is 72.6 Å². The van der Waals surface area contributed by atoms with Gasteiger partial charge in [0, 0.05) is 32.2 Å². The Bertz CT molecular complexity index is 1180. The maximum Gasteiger partial charge on any atom is 0.189 e. The van der Waals surface area contributed by atoms with Crippen LogP contribution >= 0.6 is 0 Å². The van der Waals surface area contributed by atoms with Crippen molar-refractivity contribution in [2.75, 3.05) is 33.4 Å². The number of aliphatic hydroxyl groups excluding tert-OH is 2. The van der Waals surface area contributed by atoms with Gasteiger partial charge in [-0.2, -0.15) is 11.6 Å². The summed E-state index contributed by atoms with van der Waals surface area (Å²) in [5.74, 6) is 2.43. The molecule has 0 bridgehead atoms. The maximum atomic E-state index is 10.6. The van der Waals surface area contributed by atoms with Gasteiger partial charge in [0.05, 0.1) is 18.1 Å². The fraction of sp³-hybridized carbons (Fsp3) is 0.639. The van der Waals surface area contributed by atoms with Crippen molar-refractivity contribution in [1.82, 2.24) is 10.6 Å². The van der Waals surface area contributed by atoms with Crippen LogP contribution in [0.5, 0.6) is 11.5 Å². The highest BCUT2D eigenvalue weighted by atomic mass is 16.5. The van der Waals surface area contributed by atoms with Crippen LogP contribution in [0.25, 0.3) is 0 Å². The molecule has 0 saturated heterocycles.